The summed E-state index contributed by atoms with van der Waals surface area (Å²) < 4.78 is 0. The summed E-state index contributed by atoms with van der Waals surface area (Å²) in [6.07, 6.45) is 7.88. The average molecular weight is 246 g/mol. The zero-order valence-corrected chi connectivity index (χ0v) is 11.8. The van der Waals surface area contributed by atoms with E-state index < -0.39 is 0 Å². The minimum absolute atomic E-state index is 0.462. The molecule has 1 heteroatoms. The van der Waals surface area contributed by atoms with Crippen LogP contribution >= 0.6 is 0 Å². The van der Waals surface area contributed by atoms with Crippen LogP contribution in [0.25, 0.3) is 0 Å². The summed E-state index contributed by atoms with van der Waals surface area (Å²) in [5.41, 5.74) is 1.46. The van der Waals surface area contributed by atoms with E-state index in [2.05, 4.69) is 44.2 Å². The van der Waals surface area contributed by atoms with Crippen molar-refractivity contribution in [2.24, 2.45) is 5.92 Å². The highest BCUT2D eigenvalue weighted by atomic mass is 16.1. The molecule has 100 valence electrons. The van der Waals surface area contributed by atoms with Crippen LogP contribution in [0.3, 0.4) is 0 Å². The quantitative estimate of drug-likeness (QED) is 0.749. The molecule has 1 fully saturated rings. The molecule has 0 heterocycles. The van der Waals surface area contributed by atoms with E-state index in [0.717, 1.165) is 19.3 Å². The maximum Gasteiger partial charge on any atom is 0.133 e. The molecule has 1 unspecified atom stereocenters. The van der Waals surface area contributed by atoms with Gasteiger partial charge < -0.3 is 0 Å². The maximum atomic E-state index is 10.7. The molecule has 0 saturated heterocycles. The Hall–Kier alpha value is -1.11. The second-order valence-electron chi connectivity index (χ2n) is 5.33. The lowest BCUT2D eigenvalue weighted by molar-refractivity contribution is -0.121. The molecule has 1 atom stereocenters. The minimum atomic E-state index is 0.462. The summed E-state index contributed by atoms with van der Waals surface area (Å²) >= 11 is 0. The van der Waals surface area contributed by atoms with Crippen molar-refractivity contribution in [3.63, 3.8) is 0 Å². The topological polar surface area (TPSA) is 17.1 Å². The van der Waals surface area contributed by atoms with Crippen molar-refractivity contribution in [3.05, 3.63) is 35.9 Å². The van der Waals surface area contributed by atoms with Gasteiger partial charge in [0, 0.05) is 12.8 Å². The van der Waals surface area contributed by atoms with E-state index in [4.69, 9.17) is 0 Å². The number of benzene rings is 1. The summed E-state index contributed by atoms with van der Waals surface area (Å²) in [6, 6.07) is 10.6. The van der Waals surface area contributed by atoms with Gasteiger partial charge >= 0.3 is 0 Å². The summed E-state index contributed by atoms with van der Waals surface area (Å²) in [6.45, 7) is 4.38. The Labute approximate surface area is 112 Å². The fourth-order valence-corrected chi connectivity index (χ4v) is 2.27. The first-order valence-corrected chi connectivity index (χ1v) is 7.28. The van der Waals surface area contributed by atoms with E-state index in [0.29, 0.717) is 11.7 Å². The molecule has 2 rings (SSSR count). The van der Waals surface area contributed by atoms with Crippen LogP contribution in [0.5, 0.6) is 0 Å². The first kappa shape index (κ1) is 14.9. The van der Waals surface area contributed by atoms with Crippen LogP contribution < -0.4 is 0 Å². The van der Waals surface area contributed by atoms with Crippen LogP contribution in [0, 0.1) is 5.92 Å². The van der Waals surface area contributed by atoms with Gasteiger partial charge in [-0.3, -0.25) is 4.79 Å². The van der Waals surface area contributed by atoms with Crippen LogP contribution in [0.2, 0.25) is 0 Å². The van der Waals surface area contributed by atoms with Gasteiger partial charge in [0.05, 0.1) is 0 Å². The van der Waals surface area contributed by atoms with E-state index in [9.17, 15) is 4.79 Å². The van der Waals surface area contributed by atoms with Gasteiger partial charge in [-0.25, -0.2) is 0 Å². The molecule has 0 aromatic heterocycles. The third kappa shape index (κ3) is 6.58. The lowest BCUT2D eigenvalue weighted by atomic mass is 9.90. The van der Waals surface area contributed by atoms with Crippen molar-refractivity contribution >= 4 is 5.78 Å². The predicted molar refractivity (Wildman–Crippen MR) is 77.7 cm³/mol. The second-order valence-corrected chi connectivity index (χ2v) is 5.33. The Kier molecular flexibility index (Phi) is 7.40. The molecule has 18 heavy (non-hydrogen) atoms. The van der Waals surface area contributed by atoms with Gasteiger partial charge in [0.15, 0.2) is 0 Å². The van der Waals surface area contributed by atoms with Gasteiger partial charge in [0.25, 0.3) is 0 Å². The molecule has 1 aliphatic rings. The lowest BCUT2D eigenvalue weighted by Crippen LogP contribution is -2.11. The Morgan fingerprint density at radius 1 is 1.22 bits per heavy atom. The fraction of sp³-hybridized carbons (Fsp3) is 0.588. The molecular formula is C17H26O. The Balaban J connectivity index is 0.000000184. The Morgan fingerprint density at radius 3 is 2.44 bits per heavy atom. The maximum absolute atomic E-state index is 10.7. The van der Waals surface area contributed by atoms with Crippen LogP contribution in [0.4, 0.5) is 0 Å². The van der Waals surface area contributed by atoms with Crippen molar-refractivity contribution in [3.8, 4) is 0 Å². The SMILES string of the molecule is CC1CCCC(=O)C1.CCCCc1ccccc1. The molecule has 0 bridgehead atoms. The largest absolute Gasteiger partial charge is 0.300 e. The Bertz CT molecular complexity index is 329. The molecule has 0 aliphatic heterocycles. The lowest BCUT2D eigenvalue weighted by Gasteiger charge is -2.14. The van der Waals surface area contributed by atoms with E-state index in [-0.39, 0.29) is 0 Å². The number of rotatable bonds is 3. The molecule has 0 N–H and O–H groups in total. The Morgan fingerprint density at radius 2 is 1.94 bits per heavy atom. The molecule has 0 amide bonds. The van der Waals surface area contributed by atoms with Crippen LogP contribution in [-0.2, 0) is 11.2 Å². The average Bonchev–Trinajstić information content (AvgIpc) is 2.38. The third-order valence-electron chi connectivity index (χ3n) is 3.39. The molecule has 1 aromatic carbocycles. The highest BCUT2D eigenvalue weighted by molar-refractivity contribution is 5.79. The number of hydrogen-bond acceptors (Lipinski definition) is 1. The molecule has 1 aliphatic carbocycles. The van der Waals surface area contributed by atoms with E-state index in [1.54, 1.807) is 0 Å². The molecule has 1 nitrogen and oxygen atoms in total. The summed E-state index contributed by atoms with van der Waals surface area (Å²) in [7, 11) is 0. The zero-order chi connectivity index (χ0) is 13.2. The number of ketones is 1. The smallest absolute Gasteiger partial charge is 0.133 e. The van der Waals surface area contributed by atoms with Gasteiger partial charge in [-0.1, -0.05) is 50.6 Å². The van der Waals surface area contributed by atoms with E-state index >= 15 is 0 Å². The third-order valence-corrected chi connectivity index (χ3v) is 3.39. The number of hydrogen-bond donors (Lipinski definition) is 0. The van der Waals surface area contributed by atoms with Crippen LogP contribution in [0.15, 0.2) is 30.3 Å². The van der Waals surface area contributed by atoms with Crippen LogP contribution in [-0.4, -0.2) is 5.78 Å². The summed E-state index contributed by atoms with van der Waals surface area (Å²) in [5.74, 6) is 1.12. The standard InChI is InChI=1S/C10H14.C7H12O/c1-2-3-7-10-8-5-4-6-9-10;1-6-3-2-4-7(8)5-6/h4-6,8-9H,2-3,7H2,1H3;6H,2-5H2,1H3. The van der Waals surface area contributed by atoms with Gasteiger partial charge in [-0.15, -0.1) is 0 Å². The number of Topliss-reactive ketones (excluding diaryl/α,β-unsaturated/α-hetero) is 1. The van der Waals surface area contributed by atoms with Crippen molar-refractivity contribution in [2.75, 3.05) is 0 Å². The van der Waals surface area contributed by atoms with Crippen molar-refractivity contribution < 1.29 is 4.79 Å². The highest BCUT2D eigenvalue weighted by Gasteiger charge is 2.14. The second kappa shape index (κ2) is 8.91. The van der Waals surface area contributed by atoms with E-state index in [1.807, 2.05) is 0 Å². The van der Waals surface area contributed by atoms with E-state index in [1.165, 1.54) is 31.2 Å². The van der Waals surface area contributed by atoms with Crippen molar-refractivity contribution in [1.82, 2.24) is 0 Å². The molecule has 1 aromatic rings. The zero-order valence-electron chi connectivity index (χ0n) is 11.8. The molecule has 0 spiro atoms. The number of carbonyl (C=O) groups is 1. The number of unbranched alkanes of at least 4 members (excludes halogenated alkanes) is 1. The number of carbonyl (C=O) groups excluding carboxylic acids is 1. The molecule has 0 radical (unpaired) electrons. The first-order valence-electron chi connectivity index (χ1n) is 7.28. The van der Waals surface area contributed by atoms with Crippen molar-refractivity contribution in [2.45, 2.75) is 58.8 Å². The van der Waals surface area contributed by atoms with Gasteiger partial charge in [-0.2, -0.15) is 0 Å². The summed E-state index contributed by atoms with van der Waals surface area (Å²) in [5, 5.41) is 0. The highest BCUT2D eigenvalue weighted by Crippen LogP contribution is 2.19. The van der Waals surface area contributed by atoms with Gasteiger partial charge in [0.2, 0.25) is 0 Å². The predicted octanol–water partition coefficient (Wildman–Crippen LogP) is 4.79. The number of aryl methyl sites for hydroxylation is 1. The minimum Gasteiger partial charge on any atom is -0.300 e. The van der Waals surface area contributed by atoms with Gasteiger partial charge in [0.1, 0.15) is 5.78 Å². The molecule has 1 saturated carbocycles. The van der Waals surface area contributed by atoms with Crippen LogP contribution in [0.1, 0.15) is 57.9 Å². The van der Waals surface area contributed by atoms with Crippen molar-refractivity contribution in [1.29, 1.82) is 0 Å². The molecular weight excluding hydrogens is 220 g/mol. The first-order chi connectivity index (χ1) is 8.72. The normalized spacial score (nSPS) is 19.0. The van der Waals surface area contributed by atoms with Gasteiger partial charge in [-0.05, 0) is 37.2 Å². The fourth-order valence-electron chi connectivity index (χ4n) is 2.27. The summed E-state index contributed by atoms with van der Waals surface area (Å²) in [4.78, 5) is 10.7. The monoisotopic (exact) mass is 246 g/mol.